The number of anilines is 3. The van der Waals surface area contributed by atoms with Gasteiger partial charge in [0.2, 0.25) is 5.95 Å². The Hall–Kier alpha value is -3.25. The number of nitrogen functional groups attached to an aromatic ring is 1. The van der Waals surface area contributed by atoms with Gasteiger partial charge in [0.15, 0.2) is 11.5 Å². The van der Waals surface area contributed by atoms with Gasteiger partial charge in [-0.1, -0.05) is 11.9 Å². The molecule has 0 aliphatic carbocycles. The van der Waals surface area contributed by atoms with Gasteiger partial charge in [0.25, 0.3) is 0 Å². The Labute approximate surface area is 239 Å². The van der Waals surface area contributed by atoms with E-state index in [-0.39, 0.29) is 6.10 Å². The van der Waals surface area contributed by atoms with Crippen LogP contribution >= 0.6 is 11.9 Å². The van der Waals surface area contributed by atoms with Crippen molar-refractivity contribution in [2.24, 2.45) is 0 Å². The molecule has 2 fully saturated rings. The minimum Gasteiger partial charge on any atom is -0.493 e. The maximum Gasteiger partial charge on any atom is 0.227 e. The molecule has 3 N–H and O–H groups in total. The molecule has 0 unspecified atom stereocenters. The number of methoxy groups -OCH3 is 1. The summed E-state index contributed by atoms with van der Waals surface area (Å²) >= 11 is 1.85. The standard InChI is InChI=1S/C29H37N5O5S/c1-35-28-20-22(4-6-27(28)38-13-2-18-40-34-11-16-37-17-12-34)32-29-31-10-7-25(33-29)21-3-5-26(24(30)19-21)39-23-8-14-36-15-9-23/h3-7,10,19-20,23H,2,8-9,11-18,30H2,1H3,(H,31,32,33). The van der Waals surface area contributed by atoms with Gasteiger partial charge in [-0.25, -0.2) is 14.3 Å². The molecule has 2 aromatic carbocycles. The van der Waals surface area contributed by atoms with Crippen LogP contribution in [0.3, 0.4) is 0 Å². The average Bonchev–Trinajstić information content (AvgIpc) is 3.00. The third-order valence-electron chi connectivity index (χ3n) is 6.63. The van der Waals surface area contributed by atoms with Crippen molar-refractivity contribution in [1.29, 1.82) is 0 Å². The van der Waals surface area contributed by atoms with Gasteiger partial charge in [-0.2, -0.15) is 0 Å². The number of hydrogen-bond acceptors (Lipinski definition) is 11. The molecule has 0 spiro atoms. The summed E-state index contributed by atoms with van der Waals surface area (Å²) in [5.74, 6) is 3.52. The van der Waals surface area contributed by atoms with Gasteiger partial charge < -0.3 is 34.7 Å². The average molecular weight is 568 g/mol. The summed E-state index contributed by atoms with van der Waals surface area (Å²) in [7, 11) is 1.64. The van der Waals surface area contributed by atoms with Crippen LogP contribution < -0.4 is 25.3 Å². The molecule has 2 saturated heterocycles. The largest absolute Gasteiger partial charge is 0.493 e. The molecular weight excluding hydrogens is 530 g/mol. The lowest BCUT2D eigenvalue weighted by molar-refractivity contribution is 0.0259. The van der Waals surface area contributed by atoms with Crippen LogP contribution in [0.1, 0.15) is 19.3 Å². The minimum absolute atomic E-state index is 0.130. The molecule has 214 valence electrons. The molecule has 1 aromatic heterocycles. The molecule has 3 aromatic rings. The van der Waals surface area contributed by atoms with E-state index in [4.69, 9.17) is 29.4 Å². The quantitative estimate of drug-likeness (QED) is 0.179. The van der Waals surface area contributed by atoms with Crippen LogP contribution in [0, 0.1) is 0 Å². The molecule has 2 aliphatic heterocycles. The first-order chi connectivity index (χ1) is 19.7. The van der Waals surface area contributed by atoms with Crippen molar-refractivity contribution in [1.82, 2.24) is 14.3 Å². The normalized spacial score (nSPS) is 16.4. The third kappa shape index (κ3) is 7.91. The summed E-state index contributed by atoms with van der Waals surface area (Å²) in [5, 5.41) is 3.26. The highest BCUT2D eigenvalue weighted by atomic mass is 32.2. The van der Waals surface area contributed by atoms with Crippen molar-refractivity contribution in [2.45, 2.75) is 25.4 Å². The SMILES string of the molecule is COc1cc(Nc2nccc(-c3ccc(OC4CCOCC4)c(N)c3)n2)ccc1OCCCSN1CCOCC1. The van der Waals surface area contributed by atoms with E-state index in [9.17, 15) is 0 Å². The summed E-state index contributed by atoms with van der Waals surface area (Å²) in [5.41, 5.74) is 9.33. The topological polar surface area (TPSA) is 113 Å². The summed E-state index contributed by atoms with van der Waals surface area (Å²) < 4.78 is 30.8. The van der Waals surface area contributed by atoms with Crippen LogP contribution in [-0.2, 0) is 9.47 Å². The Balaban J connectivity index is 1.16. The van der Waals surface area contributed by atoms with E-state index in [1.165, 1.54) is 0 Å². The predicted octanol–water partition coefficient (Wildman–Crippen LogP) is 4.79. The molecule has 2 aliphatic rings. The van der Waals surface area contributed by atoms with E-state index in [2.05, 4.69) is 19.6 Å². The number of nitrogens with zero attached hydrogens (tertiary/aromatic N) is 3. The van der Waals surface area contributed by atoms with Crippen molar-refractivity contribution < 1.29 is 23.7 Å². The van der Waals surface area contributed by atoms with Crippen molar-refractivity contribution in [2.75, 3.05) is 70.0 Å². The molecule has 11 heteroatoms. The lowest BCUT2D eigenvalue weighted by atomic mass is 10.1. The van der Waals surface area contributed by atoms with Gasteiger partial charge in [-0.15, -0.1) is 0 Å². The Bertz CT molecular complexity index is 1240. The maximum absolute atomic E-state index is 6.32. The summed E-state index contributed by atoms with van der Waals surface area (Å²) in [6, 6.07) is 13.3. The van der Waals surface area contributed by atoms with Crippen molar-refractivity contribution in [3.63, 3.8) is 0 Å². The fourth-order valence-corrected chi connectivity index (χ4v) is 5.38. The second-order valence-corrected chi connectivity index (χ2v) is 10.7. The second kappa shape index (κ2) is 14.4. The van der Waals surface area contributed by atoms with Gasteiger partial charge in [0.05, 0.1) is 51.5 Å². The molecule has 5 rings (SSSR count). The first-order valence-electron chi connectivity index (χ1n) is 13.7. The van der Waals surface area contributed by atoms with Crippen LogP contribution in [-0.4, -0.2) is 79.4 Å². The van der Waals surface area contributed by atoms with E-state index < -0.39 is 0 Å². The molecule has 0 amide bonds. The molecular formula is C29H37N5O5S. The molecule has 0 radical (unpaired) electrons. The van der Waals surface area contributed by atoms with Crippen molar-refractivity contribution in [3.8, 4) is 28.5 Å². The van der Waals surface area contributed by atoms with Gasteiger partial charge in [0.1, 0.15) is 11.9 Å². The number of nitrogens with one attached hydrogen (secondary N) is 1. The second-order valence-electron chi connectivity index (χ2n) is 9.51. The molecule has 0 atom stereocenters. The molecule has 0 saturated carbocycles. The highest BCUT2D eigenvalue weighted by Crippen LogP contribution is 2.33. The lowest BCUT2D eigenvalue weighted by Gasteiger charge is -2.25. The number of morpholine rings is 1. The zero-order valence-corrected chi connectivity index (χ0v) is 23.7. The van der Waals surface area contributed by atoms with Crippen LogP contribution in [0.25, 0.3) is 11.3 Å². The summed E-state index contributed by atoms with van der Waals surface area (Å²) in [4.78, 5) is 9.08. The number of rotatable bonds is 12. The van der Waals surface area contributed by atoms with E-state index in [1.807, 2.05) is 54.4 Å². The van der Waals surface area contributed by atoms with E-state index in [0.29, 0.717) is 35.5 Å². The minimum atomic E-state index is 0.130. The number of aromatic nitrogens is 2. The monoisotopic (exact) mass is 567 g/mol. The summed E-state index contributed by atoms with van der Waals surface area (Å²) in [6.45, 7) is 5.63. The molecule has 0 bridgehead atoms. The van der Waals surface area contributed by atoms with Crippen LogP contribution in [0.2, 0.25) is 0 Å². The summed E-state index contributed by atoms with van der Waals surface area (Å²) in [6.07, 6.45) is 4.53. The number of nitrogens with two attached hydrogens (primary N) is 1. The third-order valence-corrected chi connectivity index (χ3v) is 7.83. The number of benzene rings is 2. The predicted molar refractivity (Wildman–Crippen MR) is 158 cm³/mol. The Kier molecular flexibility index (Phi) is 10.2. The maximum atomic E-state index is 6.32. The van der Waals surface area contributed by atoms with E-state index in [1.54, 1.807) is 13.3 Å². The highest BCUT2D eigenvalue weighted by Gasteiger charge is 2.17. The van der Waals surface area contributed by atoms with Gasteiger partial charge in [-0.05, 0) is 42.8 Å². The van der Waals surface area contributed by atoms with E-state index >= 15 is 0 Å². The molecule has 10 nitrogen and oxygen atoms in total. The zero-order chi connectivity index (χ0) is 27.6. The Morgan fingerprint density at radius 3 is 2.60 bits per heavy atom. The van der Waals surface area contributed by atoms with Gasteiger partial charge in [-0.3, -0.25) is 0 Å². The van der Waals surface area contributed by atoms with Crippen LogP contribution in [0.5, 0.6) is 17.2 Å². The Morgan fingerprint density at radius 2 is 1.80 bits per heavy atom. The van der Waals surface area contributed by atoms with Gasteiger partial charge in [0, 0.05) is 55.2 Å². The van der Waals surface area contributed by atoms with Crippen molar-refractivity contribution in [3.05, 3.63) is 48.7 Å². The fraction of sp³-hybridized carbons (Fsp3) is 0.448. The van der Waals surface area contributed by atoms with Gasteiger partial charge >= 0.3 is 0 Å². The first kappa shape index (κ1) is 28.3. The smallest absolute Gasteiger partial charge is 0.227 e. The lowest BCUT2D eigenvalue weighted by Crippen LogP contribution is -2.31. The van der Waals surface area contributed by atoms with Crippen LogP contribution in [0.15, 0.2) is 48.7 Å². The first-order valence-corrected chi connectivity index (χ1v) is 14.6. The Morgan fingerprint density at radius 1 is 1.00 bits per heavy atom. The van der Waals surface area contributed by atoms with Crippen molar-refractivity contribution >= 4 is 29.3 Å². The zero-order valence-electron chi connectivity index (χ0n) is 22.8. The van der Waals surface area contributed by atoms with E-state index in [0.717, 1.165) is 81.5 Å². The number of ether oxygens (including phenoxy) is 5. The molecule has 3 heterocycles. The van der Waals surface area contributed by atoms with Crippen LogP contribution in [0.4, 0.5) is 17.3 Å². The number of hydrogen-bond donors (Lipinski definition) is 2. The fourth-order valence-electron chi connectivity index (χ4n) is 4.47. The molecule has 40 heavy (non-hydrogen) atoms. The highest BCUT2D eigenvalue weighted by molar-refractivity contribution is 7.97.